The van der Waals surface area contributed by atoms with Crippen LogP contribution in [0.1, 0.15) is 26.3 Å². The third-order valence-corrected chi connectivity index (χ3v) is 6.93. The van der Waals surface area contributed by atoms with Gasteiger partial charge in [-0.25, -0.2) is 0 Å². The highest BCUT2D eigenvalue weighted by molar-refractivity contribution is 9.10. The van der Waals surface area contributed by atoms with Gasteiger partial charge in [0.25, 0.3) is 5.91 Å². The predicted octanol–water partition coefficient (Wildman–Crippen LogP) is 4.41. The van der Waals surface area contributed by atoms with Gasteiger partial charge in [0.1, 0.15) is 23.1 Å². The molecule has 2 amide bonds. The number of anilines is 1. The van der Waals surface area contributed by atoms with Crippen molar-refractivity contribution in [2.75, 3.05) is 19.1 Å². The van der Waals surface area contributed by atoms with E-state index in [-0.39, 0.29) is 18.4 Å². The van der Waals surface area contributed by atoms with E-state index in [9.17, 15) is 9.59 Å². The Morgan fingerprint density at radius 2 is 1.94 bits per heavy atom. The van der Waals surface area contributed by atoms with Gasteiger partial charge >= 0.3 is 0 Å². The predicted molar refractivity (Wildman–Crippen MR) is 141 cm³/mol. The second-order valence-electron chi connectivity index (χ2n) is 9.16. The lowest BCUT2D eigenvalue weighted by atomic mass is 9.96. The molecule has 2 N–H and O–H groups in total. The van der Waals surface area contributed by atoms with E-state index in [1.807, 2.05) is 68.4 Å². The van der Waals surface area contributed by atoms with Crippen molar-refractivity contribution in [2.24, 2.45) is 0 Å². The summed E-state index contributed by atoms with van der Waals surface area (Å²) in [7, 11) is 3.32. The summed E-state index contributed by atoms with van der Waals surface area (Å²) in [5, 5.41) is 7.84. The lowest BCUT2D eigenvalue weighted by molar-refractivity contribution is -0.132. The molecular formula is C27H30BrN3O4. The molecule has 3 aromatic rings. The standard InChI is InChI=1S/C27H30BrN3O4/c1-16(29-4)25(32)30-24-26(33)31(21-8-6-7-9-23(21)35-27(24,2)3)15-20-19-12-11-18(28)14-17(19)10-13-22(20)34-5/h6-14,16,24,29H,15H2,1-5H3,(H,30,32)/t16-,24+/m0/s1. The molecule has 4 rings (SSSR count). The van der Waals surface area contributed by atoms with Gasteiger partial charge in [0.15, 0.2) is 0 Å². The Kier molecular flexibility index (Phi) is 7.05. The number of amides is 2. The molecule has 2 atom stereocenters. The van der Waals surface area contributed by atoms with Crippen molar-refractivity contribution < 1.29 is 19.1 Å². The lowest BCUT2D eigenvalue weighted by Crippen LogP contribution is -2.61. The fourth-order valence-electron chi connectivity index (χ4n) is 4.34. The van der Waals surface area contributed by atoms with E-state index < -0.39 is 17.7 Å². The zero-order valence-electron chi connectivity index (χ0n) is 20.5. The fraction of sp³-hybridized carbons (Fsp3) is 0.333. The molecule has 1 heterocycles. The summed E-state index contributed by atoms with van der Waals surface area (Å²) in [6.45, 7) is 5.62. The second-order valence-corrected chi connectivity index (χ2v) is 10.1. The highest BCUT2D eigenvalue weighted by atomic mass is 79.9. The molecular weight excluding hydrogens is 510 g/mol. The van der Waals surface area contributed by atoms with Crippen molar-refractivity contribution in [1.29, 1.82) is 0 Å². The summed E-state index contributed by atoms with van der Waals surface area (Å²) in [6, 6.07) is 16.0. The Balaban J connectivity index is 1.84. The van der Waals surface area contributed by atoms with Crippen LogP contribution in [-0.4, -0.2) is 43.7 Å². The zero-order valence-corrected chi connectivity index (χ0v) is 22.1. The Morgan fingerprint density at radius 1 is 1.20 bits per heavy atom. The molecule has 184 valence electrons. The first-order chi connectivity index (χ1) is 16.7. The van der Waals surface area contributed by atoms with Crippen LogP contribution in [0.5, 0.6) is 11.5 Å². The van der Waals surface area contributed by atoms with E-state index >= 15 is 0 Å². The Labute approximate surface area is 213 Å². The van der Waals surface area contributed by atoms with E-state index in [2.05, 4.69) is 26.6 Å². The van der Waals surface area contributed by atoms with Gasteiger partial charge in [0.2, 0.25) is 5.91 Å². The minimum absolute atomic E-state index is 0.241. The van der Waals surface area contributed by atoms with Gasteiger partial charge in [-0.1, -0.05) is 40.2 Å². The third kappa shape index (κ3) is 4.86. The average molecular weight is 540 g/mol. The van der Waals surface area contributed by atoms with Gasteiger partial charge in [-0.2, -0.15) is 0 Å². The Hall–Kier alpha value is -3.10. The molecule has 0 saturated carbocycles. The number of ether oxygens (including phenoxy) is 2. The number of benzene rings is 3. The number of rotatable bonds is 6. The quantitative estimate of drug-likeness (QED) is 0.485. The first-order valence-electron chi connectivity index (χ1n) is 11.5. The minimum atomic E-state index is -0.987. The normalized spacial score (nSPS) is 17.8. The van der Waals surface area contributed by atoms with Crippen LogP contribution in [0.15, 0.2) is 59.1 Å². The molecule has 1 aliphatic rings. The number of hydrogen-bond donors (Lipinski definition) is 2. The number of fused-ring (bicyclic) bond motifs is 2. The summed E-state index contributed by atoms with van der Waals surface area (Å²) in [5.74, 6) is 0.721. The van der Waals surface area contributed by atoms with Gasteiger partial charge in [-0.15, -0.1) is 0 Å². The highest BCUT2D eigenvalue weighted by Gasteiger charge is 2.45. The molecule has 0 saturated heterocycles. The molecule has 8 heteroatoms. The minimum Gasteiger partial charge on any atom is -0.496 e. The van der Waals surface area contributed by atoms with Crippen molar-refractivity contribution in [3.8, 4) is 11.5 Å². The number of nitrogens with one attached hydrogen (secondary N) is 2. The summed E-state index contributed by atoms with van der Waals surface area (Å²) >= 11 is 3.54. The van der Waals surface area contributed by atoms with Crippen molar-refractivity contribution in [2.45, 2.75) is 45.0 Å². The zero-order chi connectivity index (χ0) is 25.3. The summed E-state index contributed by atoms with van der Waals surface area (Å²) < 4.78 is 13.0. The van der Waals surface area contributed by atoms with Gasteiger partial charge in [-0.3, -0.25) is 9.59 Å². The molecule has 0 spiro atoms. The number of nitrogens with zero attached hydrogens (tertiary/aromatic N) is 1. The number of halogens is 1. The number of likely N-dealkylation sites (N-methyl/N-ethyl adjacent to an activating group) is 1. The smallest absolute Gasteiger partial charge is 0.254 e. The summed E-state index contributed by atoms with van der Waals surface area (Å²) in [4.78, 5) is 28.6. The molecule has 0 radical (unpaired) electrons. The molecule has 0 fully saturated rings. The van der Waals surface area contributed by atoms with Crippen LogP contribution < -0.4 is 25.0 Å². The molecule has 0 aromatic heterocycles. The van der Waals surface area contributed by atoms with Crippen LogP contribution in [0.25, 0.3) is 10.8 Å². The monoisotopic (exact) mass is 539 g/mol. The largest absolute Gasteiger partial charge is 0.496 e. The number of carbonyl (C=O) groups is 2. The number of para-hydroxylation sites is 2. The van der Waals surface area contributed by atoms with E-state index in [1.54, 1.807) is 26.0 Å². The van der Waals surface area contributed by atoms with Crippen LogP contribution in [0.2, 0.25) is 0 Å². The average Bonchev–Trinajstić information content (AvgIpc) is 2.91. The lowest BCUT2D eigenvalue weighted by Gasteiger charge is -2.33. The van der Waals surface area contributed by atoms with Crippen LogP contribution in [-0.2, 0) is 16.1 Å². The maximum Gasteiger partial charge on any atom is 0.254 e. The van der Waals surface area contributed by atoms with Crippen molar-refractivity contribution in [3.63, 3.8) is 0 Å². The topological polar surface area (TPSA) is 79.9 Å². The maximum atomic E-state index is 14.1. The molecule has 0 unspecified atom stereocenters. The Morgan fingerprint density at radius 3 is 2.66 bits per heavy atom. The van der Waals surface area contributed by atoms with Gasteiger partial charge in [-0.05, 0) is 68.9 Å². The second kappa shape index (κ2) is 9.87. The molecule has 1 aliphatic heterocycles. The first kappa shape index (κ1) is 25.0. The maximum absolute atomic E-state index is 14.1. The summed E-state index contributed by atoms with van der Waals surface area (Å²) in [5.41, 5.74) is 0.521. The summed E-state index contributed by atoms with van der Waals surface area (Å²) in [6.07, 6.45) is 0. The first-order valence-corrected chi connectivity index (χ1v) is 12.3. The van der Waals surface area contributed by atoms with Crippen molar-refractivity contribution in [1.82, 2.24) is 10.6 Å². The van der Waals surface area contributed by atoms with Crippen LogP contribution >= 0.6 is 15.9 Å². The van der Waals surface area contributed by atoms with Crippen LogP contribution in [0.3, 0.4) is 0 Å². The molecule has 0 aliphatic carbocycles. The molecule has 0 bridgehead atoms. The van der Waals surface area contributed by atoms with Crippen LogP contribution in [0, 0.1) is 0 Å². The van der Waals surface area contributed by atoms with Gasteiger partial charge in [0, 0.05) is 10.0 Å². The van der Waals surface area contributed by atoms with Gasteiger partial charge < -0.3 is 25.0 Å². The highest BCUT2D eigenvalue weighted by Crippen LogP contribution is 2.39. The van der Waals surface area contributed by atoms with Gasteiger partial charge in [0.05, 0.1) is 25.4 Å². The van der Waals surface area contributed by atoms with E-state index in [0.717, 1.165) is 20.8 Å². The molecule has 3 aromatic carbocycles. The van der Waals surface area contributed by atoms with Crippen molar-refractivity contribution in [3.05, 3.63) is 64.6 Å². The SMILES string of the molecule is CN[C@@H](C)C(=O)N[C@@H]1C(=O)N(Cc2c(OC)ccc3cc(Br)ccc23)c2ccccc2OC1(C)C. The molecule has 35 heavy (non-hydrogen) atoms. The number of carbonyl (C=O) groups excluding carboxylic acids is 2. The number of methoxy groups -OCH3 is 1. The van der Waals surface area contributed by atoms with E-state index in [4.69, 9.17) is 9.47 Å². The fourth-order valence-corrected chi connectivity index (χ4v) is 4.71. The van der Waals surface area contributed by atoms with E-state index in [1.165, 1.54) is 0 Å². The number of hydrogen-bond acceptors (Lipinski definition) is 5. The Bertz CT molecular complexity index is 1280. The van der Waals surface area contributed by atoms with Crippen LogP contribution in [0.4, 0.5) is 5.69 Å². The van der Waals surface area contributed by atoms with E-state index in [0.29, 0.717) is 17.2 Å². The third-order valence-electron chi connectivity index (χ3n) is 6.44. The molecule has 7 nitrogen and oxygen atoms in total. The van der Waals surface area contributed by atoms with Crippen molar-refractivity contribution >= 4 is 44.2 Å².